The minimum Gasteiger partial charge on any atom is -0.393 e. The first-order valence-corrected chi connectivity index (χ1v) is 13.8. The quantitative estimate of drug-likeness (QED) is 0.420. The third-order valence-electron chi connectivity index (χ3n) is 12.4. The van der Waals surface area contributed by atoms with Gasteiger partial charge in [-0.1, -0.05) is 46.3 Å². The maximum atomic E-state index is 11.8. The van der Waals surface area contributed by atoms with Crippen LogP contribution in [0.1, 0.15) is 113 Å². The molecule has 4 fully saturated rings. The van der Waals surface area contributed by atoms with Crippen LogP contribution in [0.3, 0.4) is 0 Å². The van der Waals surface area contributed by atoms with Gasteiger partial charge in [-0.15, -0.1) is 0 Å². The minimum absolute atomic E-state index is 0.0503. The van der Waals surface area contributed by atoms with E-state index < -0.39 is 5.60 Å². The molecular weight excluding hydrogens is 408 g/mol. The molecule has 3 nitrogen and oxygen atoms in total. The molecule has 3 N–H and O–H groups in total. The fourth-order valence-electron chi connectivity index (χ4n) is 10.3. The summed E-state index contributed by atoms with van der Waals surface area (Å²) in [5, 5.41) is 34.3. The van der Waals surface area contributed by atoms with Gasteiger partial charge >= 0.3 is 0 Å². The molecule has 0 aromatic rings. The van der Waals surface area contributed by atoms with Crippen LogP contribution in [0, 0.1) is 45.3 Å². The van der Waals surface area contributed by atoms with Crippen LogP contribution < -0.4 is 0 Å². The van der Waals surface area contributed by atoms with Crippen molar-refractivity contribution in [3.05, 3.63) is 11.6 Å². The number of rotatable bonds is 4. The zero-order valence-electron chi connectivity index (χ0n) is 22.7. The van der Waals surface area contributed by atoms with Gasteiger partial charge in [0.05, 0.1) is 17.8 Å². The molecule has 4 aliphatic rings. The molecule has 0 amide bonds. The third-order valence-corrected chi connectivity index (χ3v) is 12.4. The van der Waals surface area contributed by atoms with Crippen molar-refractivity contribution in [3.8, 4) is 0 Å². The number of aliphatic hydroxyl groups excluding tert-OH is 2. The highest BCUT2D eigenvalue weighted by Crippen LogP contribution is 2.75. The van der Waals surface area contributed by atoms with E-state index in [0.717, 1.165) is 44.9 Å². The topological polar surface area (TPSA) is 60.7 Å². The van der Waals surface area contributed by atoms with E-state index in [0.29, 0.717) is 11.8 Å². The fourth-order valence-corrected chi connectivity index (χ4v) is 10.3. The molecule has 3 heteroatoms. The van der Waals surface area contributed by atoms with Crippen molar-refractivity contribution in [2.45, 2.75) is 131 Å². The Bertz CT molecular complexity index is 779. The number of allylic oxidation sites excluding steroid dienone is 2. The van der Waals surface area contributed by atoms with Crippen LogP contribution in [0.25, 0.3) is 0 Å². The van der Waals surface area contributed by atoms with E-state index in [1.54, 1.807) is 0 Å². The molecule has 0 spiro atoms. The maximum Gasteiger partial charge on any atom is 0.0654 e. The number of hydrogen-bond donors (Lipinski definition) is 3. The predicted molar refractivity (Wildman–Crippen MR) is 136 cm³/mol. The van der Waals surface area contributed by atoms with Crippen LogP contribution in [0.4, 0.5) is 0 Å². The lowest BCUT2D eigenvalue weighted by Crippen LogP contribution is -2.66. The first-order chi connectivity index (χ1) is 15.1. The summed E-state index contributed by atoms with van der Waals surface area (Å²) in [6.45, 7) is 18.3. The van der Waals surface area contributed by atoms with Crippen LogP contribution >= 0.6 is 0 Å². The van der Waals surface area contributed by atoms with Crippen molar-refractivity contribution in [2.24, 2.45) is 45.3 Å². The fraction of sp³-hybridized carbons (Fsp3) is 0.933. The Morgan fingerprint density at radius 1 is 0.909 bits per heavy atom. The Kier molecular flexibility index (Phi) is 6.28. The Hall–Kier alpha value is -0.380. The zero-order valence-corrected chi connectivity index (χ0v) is 22.7. The van der Waals surface area contributed by atoms with Gasteiger partial charge in [0.25, 0.3) is 0 Å². The summed E-state index contributed by atoms with van der Waals surface area (Å²) in [5.74, 6) is 1.31. The Balaban J connectivity index is 1.66. The Labute approximate surface area is 203 Å². The van der Waals surface area contributed by atoms with Crippen molar-refractivity contribution in [1.82, 2.24) is 0 Å². The molecule has 0 bridgehead atoms. The largest absolute Gasteiger partial charge is 0.393 e. The molecule has 1 unspecified atom stereocenters. The average Bonchev–Trinajstić information content (AvgIpc) is 3.08. The van der Waals surface area contributed by atoms with Crippen molar-refractivity contribution in [3.63, 3.8) is 0 Å². The summed E-state index contributed by atoms with van der Waals surface area (Å²) < 4.78 is 0. The number of hydrogen-bond acceptors (Lipinski definition) is 3. The smallest absolute Gasteiger partial charge is 0.0654 e. The van der Waals surface area contributed by atoms with E-state index in [-0.39, 0.29) is 45.7 Å². The monoisotopic (exact) mass is 460 g/mol. The van der Waals surface area contributed by atoms with Crippen LogP contribution in [0.5, 0.6) is 0 Å². The van der Waals surface area contributed by atoms with Gasteiger partial charge in [0.1, 0.15) is 0 Å². The highest BCUT2D eigenvalue weighted by Gasteiger charge is 2.71. The molecule has 0 radical (unpaired) electrons. The van der Waals surface area contributed by atoms with E-state index in [2.05, 4.69) is 54.5 Å². The van der Waals surface area contributed by atoms with Gasteiger partial charge < -0.3 is 15.3 Å². The van der Waals surface area contributed by atoms with Crippen molar-refractivity contribution >= 4 is 0 Å². The standard InChI is InChI=1S/C30H52O3/c1-19(2)10-9-14-30(8,33)20-11-16-29(7)25(20)21(31)18-23-27(5)15-13-24(32)26(3,4)22(27)12-17-28(23,29)6/h10,20-25,31-33H,9,11-18H2,1-8H3/t20-,21+,22-,23+,24-,25?,27-,28+,29+,30+/m0/s1. The molecule has 0 saturated heterocycles. The molecule has 190 valence electrons. The Morgan fingerprint density at radius 3 is 2.18 bits per heavy atom. The SMILES string of the molecule is CC(C)=CCC[C@@](C)(O)[C@H]1CC[C@]2(C)C1[C@H](O)C[C@@H]1[C@@]3(C)CC[C@H](O)C(C)(C)[C@@H]3CC[C@]12C. The number of fused-ring (bicyclic) bond motifs is 5. The molecule has 0 aromatic carbocycles. The lowest BCUT2D eigenvalue weighted by Gasteiger charge is -2.70. The lowest BCUT2D eigenvalue weighted by molar-refractivity contribution is -0.246. The summed E-state index contributed by atoms with van der Waals surface area (Å²) in [5.41, 5.74) is 0.885. The molecule has 33 heavy (non-hydrogen) atoms. The molecule has 4 aliphatic carbocycles. The van der Waals surface area contributed by atoms with Crippen LogP contribution in [0.2, 0.25) is 0 Å². The van der Waals surface area contributed by atoms with E-state index >= 15 is 0 Å². The van der Waals surface area contributed by atoms with Crippen LogP contribution in [-0.4, -0.2) is 33.1 Å². The van der Waals surface area contributed by atoms with E-state index in [1.807, 2.05) is 6.92 Å². The minimum atomic E-state index is -0.739. The van der Waals surface area contributed by atoms with Gasteiger partial charge in [0, 0.05) is 0 Å². The summed E-state index contributed by atoms with van der Waals surface area (Å²) >= 11 is 0. The van der Waals surface area contributed by atoms with E-state index in [1.165, 1.54) is 18.4 Å². The molecule has 4 rings (SSSR count). The summed E-state index contributed by atoms with van der Waals surface area (Å²) in [6, 6.07) is 0. The second-order valence-corrected chi connectivity index (χ2v) is 14.5. The third kappa shape index (κ3) is 3.61. The molecule has 0 aliphatic heterocycles. The normalized spacial score (nSPS) is 50.5. The summed E-state index contributed by atoms with van der Waals surface area (Å²) in [6.07, 6.45) is 10.6. The molecule has 0 aromatic heterocycles. The van der Waals surface area contributed by atoms with E-state index in [4.69, 9.17) is 0 Å². The van der Waals surface area contributed by atoms with Gasteiger partial charge in [0.15, 0.2) is 0 Å². The molecule has 0 heterocycles. The first-order valence-electron chi connectivity index (χ1n) is 13.8. The molecular formula is C30H52O3. The van der Waals surface area contributed by atoms with Crippen molar-refractivity contribution < 1.29 is 15.3 Å². The zero-order chi connectivity index (χ0) is 24.6. The van der Waals surface area contributed by atoms with Crippen LogP contribution in [0.15, 0.2) is 11.6 Å². The van der Waals surface area contributed by atoms with Crippen LogP contribution in [-0.2, 0) is 0 Å². The average molecular weight is 461 g/mol. The highest BCUT2D eigenvalue weighted by molar-refractivity contribution is 5.20. The molecule has 10 atom stereocenters. The number of aliphatic hydroxyl groups is 3. The van der Waals surface area contributed by atoms with Crippen molar-refractivity contribution in [1.29, 1.82) is 0 Å². The molecule has 4 saturated carbocycles. The van der Waals surface area contributed by atoms with Gasteiger partial charge in [-0.05, 0) is 124 Å². The predicted octanol–water partition coefficient (Wildman–Crippen LogP) is 6.50. The van der Waals surface area contributed by atoms with E-state index in [9.17, 15) is 15.3 Å². The maximum absolute atomic E-state index is 11.8. The lowest BCUT2D eigenvalue weighted by atomic mass is 9.35. The second kappa shape index (κ2) is 8.07. The van der Waals surface area contributed by atoms with Gasteiger partial charge in [-0.2, -0.15) is 0 Å². The first kappa shape index (κ1) is 25.7. The second-order valence-electron chi connectivity index (χ2n) is 14.5. The summed E-state index contributed by atoms with van der Waals surface area (Å²) in [4.78, 5) is 0. The van der Waals surface area contributed by atoms with Gasteiger partial charge in [-0.3, -0.25) is 0 Å². The van der Waals surface area contributed by atoms with Crippen molar-refractivity contribution in [2.75, 3.05) is 0 Å². The van der Waals surface area contributed by atoms with Gasteiger partial charge in [-0.25, -0.2) is 0 Å². The van der Waals surface area contributed by atoms with Gasteiger partial charge in [0.2, 0.25) is 0 Å². The Morgan fingerprint density at radius 2 is 1.55 bits per heavy atom. The highest BCUT2D eigenvalue weighted by atomic mass is 16.3. The summed E-state index contributed by atoms with van der Waals surface area (Å²) in [7, 11) is 0.